The maximum atomic E-state index is 13.1. The van der Waals surface area contributed by atoms with Gasteiger partial charge >= 0.3 is 15.6 Å². The van der Waals surface area contributed by atoms with Crippen LogP contribution in [0.25, 0.3) is 22.1 Å². The second-order valence-electron chi connectivity index (χ2n) is 10.1. The van der Waals surface area contributed by atoms with Gasteiger partial charge in [-0.2, -0.15) is 0 Å². The highest BCUT2D eigenvalue weighted by Crippen LogP contribution is 2.53. The fourth-order valence-electron chi connectivity index (χ4n) is 5.45. The minimum Gasteiger partial charge on any atom is -0.387 e. The van der Waals surface area contributed by atoms with Crippen molar-refractivity contribution in [3.05, 3.63) is 61.2 Å². The maximum Gasteiger partial charge on any atom is 0.472 e. The van der Waals surface area contributed by atoms with Gasteiger partial charge < -0.3 is 38.6 Å². The number of phosphoric ester groups is 2. The minimum absolute atomic E-state index is 0.569. The molecule has 4 N–H and O–H groups in total. The Morgan fingerprint density at radius 2 is 1.10 bits per heavy atom. The molecule has 224 valence electrons. The van der Waals surface area contributed by atoms with Crippen molar-refractivity contribution in [1.82, 2.24) is 19.1 Å². The number of benzene rings is 2. The largest absolute Gasteiger partial charge is 0.472 e. The van der Waals surface area contributed by atoms with Gasteiger partial charge in [-0.25, -0.2) is 19.1 Å². The van der Waals surface area contributed by atoms with E-state index >= 15 is 0 Å². The molecule has 4 unspecified atom stereocenters. The molecule has 18 heteroatoms. The number of hydrogen-bond acceptors (Lipinski definition) is 12. The van der Waals surface area contributed by atoms with E-state index in [2.05, 4.69) is 9.97 Å². The summed E-state index contributed by atoms with van der Waals surface area (Å²) in [5.74, 6) is 0. The zero-order valence-electron chi connectivity index (χ0n) is 21.5. The maximum absolute atomic E-state index is 13.1. The molecule has 3 fully saturated rings. The molecule has 0 aliphatic carbocycles. The zero-order chi connectivity index (χ0) is 29.2. The predicted octanol–water partition coefficient (Wildman–Crippen LogP) is 1.62. The highest BCUT2D eigenvalue weighted by Gasteiger charge is 2.53. The average molecular weight is 624 g/mol. The van der Waals surface area contributed by atoms with E-state index in [1.807, 2.05) is 0 Å². The first-order valence-electron chi connectivity index (χ1n) is 12.9. The summed E-state index contributed by atoms with van der Waals surface area (Å²) in [5, 5.41) is 22.1. The van der Waals surface area contributed by atoms with E-state index < -0.39 is 77.9 Å². The Morgan fingerprint density at radius 1 is 0.690 bits per heavy atom. The second-order valence-corrected chi connectivity index (χ2v) is 12.9. The predicted molar refractivity (Wildman–Crippen MR) is 141 cm³/mol. The highest BCUT2D eigenvalue weighted by molar-refractivity contribution is 7.47. The summed E-state index contributed by atoms with van der Waals surface area (Å²) < 4.78 is 62.3. The monoisotopic (exact) mass is 624 g/mol. The summed E-state index contributed by atoms with van der Waals surface area (Å²) in [6.45, 7) is -1.36. The van der Waals surface area contributed by atoms with E-state index in [0.29, 0.717) is 22.1 Å². The molecule has 2 aromatic carbocycles. The molecule has 0 spiro atoms. The van der Waals surface area contributed by atoms with Crippen molar-refractivity contribution in [3.63, 3.8) is 0 Å². The third-order valence-corrected chi connectivity index (χ3v) is 9.42. The molecule has 10 atom stereocenters. The molecule has 3 saturated heterocycles. The second kappa shape index (κ2) is 10.6. The van der Waals surface area contributed by atoms with Crippen molar-refractivity contribution in [2.45, 2.75) is 49.1 Å². The lowest BCUT2D eigenvalue weighted by molar-refractivity contribution is -0.0673. The van der Waals surface area contributed by atoms with Crippen LogP contribution in [-0.4, -0.2) is 88.9 Å². The van der Waals surface area contributed by atoms with Crippen LogP contribution in [0.3, 0.4) is 0 Å². The summed E-state index contributed by atoms with van der Waals surface area (Å²) in [4.78, 5) is 29.9. The first kappa shape index (κ1) is 28.2. The highest BCUT2D eigenvalue weighted by atomic mass is 31.2. The lowest BCUT2D eigenvalue weighted by Crippen LogP contribution is -2.38. The van der Waals surface area contributed by atoms with Gasteiger partial charge in [0.25, 0.3) is 0 Å². The number of phosphoric acid groups is 2. The van der Waals surface area contributed by atoms with E-state index in [-0.39, 0.29) is 0 Å². The molecule has 42 heavy (non-hydrogen) atoms. The van der Waals surface area contributed by atoms with Gasteiger partial charge in [0.15, 0.2) is 12.5 Å². The van der Waals surface area contributed by atoms with Crippen molar-refractivity contribution in [2.24, 2.45) is 0 Å². The molecule has 16 nitrogen and oxygen atoms in total. The van der Waals surface area contributed by atoms with Gasteiger partial charge in [-0.05, 0) is 24.3 Å². The number of nitrogens with zero attached hydrogens (tertiary/aromatic N) is 4. The quantitative estimate of drug-likeness (QED) is 0.234. The van der Waals surface area contributed by atoms with Crippen molar-refractivity contribution >= 4 is 37.7 Å². The Hall–Kier alpha value is -2.56. The fraction of sp³-hybridized carbons (Fsp3) is 0.417. The lowest BCUT2D eigenvalue weighted by Gasteiger charge is -2.26. The van der Waals surface area contributed by atoms with Crippen LogP contribution < -0.4 is 0 Å². The summed E-state index contributed by atoms with van der Waals surface area (Å²) in [7, 11) is -9.84. The molecule has 3 aliphatic heterocycles. The van der Waals surface area contributed by atoms with Crippen molar-refractivity contribution in [2.75, 3.05) is 13.2 Å². The molecule has 4 aromatic rings. The van der Waals surface area contributed by atoms with E-state index in [1.165, 1.54) is 21.8 Å². The molecular weight excluding hydrogens is 598 g/mol. The number of para-hydroxylation sites is 4. The summed E-state index contributed by atoms with van der Waals surface area (Å²) >= 11 is 0. The molecule has 7 rings (SSSR count). The number of rotatable bonds is 2. The van der Waals surface area contributed by atoms with Crippen molar-refractivity contribution < 1.29 is 56.7 Å². The van der Waals surface area contributed by atoms with E-state index in [4.69, 9.17) is 27.6 Å². The normalized spacial score (nSPS) is 39.5. The number of aliphatic hydroxyl groups excluding tert-OH is 2. The van der Waals surface area contributed by atoms with Crippen molar-refractivity contribution in [3.8, 4) is 0 Å². The third kappa shape index (κ3) is 5.03. The Labute approximate surface area is 237 Å². The Kier molecular flexibility index (Phi) is 7.09. The summed E-state index contributed by atoms with van der Waals surface area (Å²) in [6.07, 6.45) is -8.42. The molecular formula is C24H26N4O12P2. The number of aliphatic hydroxyl groups is 2. The molecule has 0 amide bonds. The first-order valence-corrected chi connectivity index (χ1v) is 15.9. The van der Waals surface area contributed by atoms with Crippen LogP contribution in [0.4, 0.5) is 0 Å². The smallest absolute Gasteiger partial charge is 0.387 e. The van der Waals surface area contributed by atoms with Crippen LogP contribution in [-0.2, 0) is 36.7 Å². The van der Waals surface area contributed by atoms with Gasteiger partial charge in [0.1, 0.15) is 36.6 Å². The lowest BCUT2D eigenvalue weighted by atomic mass is 10.1. The van der Waals surface area contributed by atoms with E-state index in [1.54, 1.807) is 48.5 Å². The van der Waals surface area contributed by atoms with Crippen molar-refractivity contribution in [1.29, 1.82) is 0 Å². The topological polar surface area (TPSA) is 206 Å². The average Bonchev–Trinajstić information content (AvgIpc) is 3.72. The molecule has 5 heterocycles. The van der Waals surface area contributed by atoms with Crippen LogP contribution in [0.1, 0.15) is 12.5 Å². The van der Waals surface area contributed by atoms with E-state index in [9.17, 15) is 29.1 Å². The van der Waals surface area contributed by atoms with Crippen LogP contribution >= 0.6 is 15.6 Å². The van der Waals surface area contributed by atoms with Crippen LogP contribution in [0.15, 0.2) is 61.2 Å². The number of imidazole rings is 2. The molecule has 0 saturated carbocycles. The summed E-state index contributed by atoms with van der Waals surface area (Å²) in [5.41, 5.74) is 2.30. The first-order chi connectivity index (χ1) is 20.1. The zero-order valence-corrected chi connectivity index (χ0v) is 23.3. The van der Waals surface area contributed by atoms with Gasteiger partial charge in [0, 0.05) is 0 Å². The van der Waals surface area contributed by atoms with Gasteiger partial charge in [-0.15, -0.1) is 0 Å². The third-order valence-electron chi connectivity index (χ3n) is 7.45. The SMILES string of the molecule is O=P1(O)OC[C@H]2O[C@@H](n3cnc4ccccc43)[C@@H](OP(=O)(O)OC[C@H]3O[C@@H](n4cnc5ccccc54)C(O1)[C@H]3O)C2O. The fourth-order valence-corrected chi connectivity index (χ4v) is 7.32. The number of ether oxygens (including phenoxy) is 2. The number of aromatic nitrogens is 4. The molecule has 0 radical (unpaired) electrons. The Morgan fingerprint density at radius 3 is 1.52 bits per heavy atom. The molecule has 3 aliphatic rings. The Bertz CT molecular complexity index is 1590. The van der Waals surface area contributed by atoms with Crippen LogP contribution in [0.2, 0.25) is 0 Å². The standard InChI is InChI=1S/C24H26N4O12P2/c29-19-17-9-35-42(33,34)40-22-20(30)18(38-24(22)28-12-26-14-6-2-4-8-16(14)28)10-36-41(31,32)39-21(19)23(37-17)27-11-25-13-5-1-3-7-15(13)27/h1-8,11-12,17-24,29-30H,9-10H2,(H,31,32)(H,33,34)/t17-,18-,19+,20?,21?,22+,23-,24-/m1/s1. The molecule has 4 bridgehead atoms. The van der Waals surface area contributed by atoms with Gasteiger partial charge in [-0.1, -0.05) is 24.3 Å². The number of hydrogen-bond donors (Lipinski definition) is 4. The van der Waals surface area contributed by atoms with Gasteiger partial charge in [0.05, 0.1) is 47.9 Å². The van der Waals surface area contributed by atoms with E-state index in [0.717, 1.165) is 0 Å². The van der Waals surface area contributed by atoms with Crippen LogP contribution in [0.5, 0.6) is 0 Å². The van der Waals surface area contributed by atoms with Gasteiger partial charge in [-0.3, -0.25) is 18.1 Å². The minimum atomic E-state index is -4.92. The number of fused-ring (bicyclic) bond motifs is 6. The Balaban J connectivity index is 1.22. The van der Waals surface area contributed by atoms with Crippen LogP contribution in [0, 0.1) is 0 Å². The molecule has 2 aromatic heterocycles. The summed E-state index contributed by atoms with van der Waals surface area (Å²) in [6, 6.07) is 14.0. The van der Waals surface area contributed by atoms with Gasteiger partial charge in [0.2, 0.25) is 0 Å².